The van der Waals surface area contributed by atoms with E-state index in [4.69, 9.17) is 13.0 Å². The molecule has 0 saturated carbocycles. The second-order valence-corrected chi connectivity index (χ2v) is 12.0. The first-order chi connectivity index (χ1) is 15.9. The topological polar surface area (TPSA) is 176 Å². The second-order valence-electron chi connectivity index (χ2n) is 9.91. The van der Waals surface area contributed by atoms with Gasteiger partial charge in [0.15, 0.2) is 0 Å². The Kier molecular flexibility index (Phi) is 9.33. The van der Waals surface area contributed by atoms with Crippen molar-refractivity contribution in [2.24, 2.45) is 11.8 Å². The highest BCUT2D eigenvalue weighted by molar-refractivity contribution is 8.03. The smallest absolute Gasteiger partial charge is 0.353 e. The molecule has 3 heterocycles. The van der Waals surface area contributed by atoms with Crippen LogP contribution in [0.15, 0.2) is 10.6 Å². The van der Waals surface area contributed by atoms with Crippen molar-refractivity contribution in [2.45, 2.75) is 43.7 Å². The van der Waals surface area contributed by atoms with E-state index in [-0.39, 0.29) is 40.8 Å². The normalized spacial score (nSPS) is 29.2. The van der Waals surface area contributed by atoms with Gasteiger partial charge in [-0.25, -0.2) is 13.2 Å². The van der Waals surface area contributed by atoms with Crippen molar-refractivity contribution in [2.75, 3.05) is 40.8 Å². The number of fused-ring (bicyclic) bond motifs is 1. The summed E-state index contributed by atoms with van der Waals surface area (Å²) in [6, 6.07) is -0.612. The molecule has 0 bridgehead atoms. The van der Waals surface area contributed by atoms with Gasteiger partial charge in [-0.05, 0) is 13.3 Å². The van der Waals surface area contributed by atoms with E-state index in [2.05, 4.69) is 31.8 Å². The van der Waals surface area contributed by atoms with Crippen LogP contribution < -0.4 is 10.6 Å². The number of likely N-dealkylation sites (N-methyl/N-ethyl adjacent to an activating group) is 1. The highest BCUT2D eigenvalue weighted by Gasteiger charge is 2.60. The van der Waals surface area contributed by atoms with E-state index in [9.17, 15) is 28.5 Å². The number of thioether (sulfide) groups is 1. The number of hydrogen-bond acceptors (Lipinski definition) is 9. The number of nitrogens with one attached hydrogen (secondary N) is 2. The van der Waals surface area contributed by atoms with Crippen molar-refractivity contribution in [1.29, 1.82) is 0 Å². The molecule has 0 aromatic carbocycles. The summed E-state index contributed by atoms with van der Waals surface area (Å²) in [6.45, 7) is 5.51. The lowest BCUT2D eigenvalue weighted by molar-refractivity contribution is -0.869. The van der Waals surface area contributed by atoms with Crippen molar-refractivity contribution < 1.29 is 45.9 Å². The van der Waals surface area contributed by atoms with Gasteiger partial charge in [0.25, 0.3) is 10.5 Å². The van der Waals surface area contributed by atoms with E-state index in [1.165, 1.54) is 16.7 Å². The first-order valence-corrected chi connectivity index (χ1v) is 13.2. The summed E-state index contributed by atoms with van der Waals surface area (Å²) >= 11 is 1.45. The summed E-state index contributed by atoms with van der Waals surface area (Å²) in [5.41, 5.74) is 0.0373. The van der Waals surface area contributed by atoms with Crippen LogP contribution in [0, 0.1) is 11.8 Å². The van der Waals surface area contributed by atoms with Crippen LogP contribution in [0.5, 0.6) is 0 Å². The first kappa shape index (κ1) is 29.5. The fraction of sp³-hybridized carbons (Fsp3) is 0.750. The molecule has 3 aliphatic rings. The number of carbonyl (C=O) groups is 3. The number of quaternary nitrogens is 1. The third kappa shape index (κ3) is 7.60. The predicted molar refractivity (Wildman–Crippen MR) is 124 cm³/mol. The number of amides is 2. The number of aliphatic hydroxyl groups is 1. The summed E-state index contributed by atoms with van der Waals surface area (Å²) in [6.07, 6.45) is -0.212. The molecular weight excluding hydrogens is 507 g/mol. The van der Waals surface area contributed by atoms with Gasteiger partial charge in [0, 0.05) is 22.6 Å². The van der Waals surface area contributed by atoms with Crippen molar-refractivity contribution in [3.8, 4) is 0 Å². The summed E-state index contributed by atoms with van der Waals surface area (Å²) in [4.78, 5) is 38.8. The number of carboxylic acids is 1. The molecule has 2 amide bonds. The third-order valence-electron chi connectivity index (χ3n) is 6.09. The standard InChI is InChI=1S/C20H32N4O5S.FHO3S/c1-10-15-14(11(2)25)19(27)23(15)16(20(28)29)17(10)30-12-8-13(22-9-12)18(26)21-6-7-24(3,4)5;1-5(2,3)4/h10-15,22,25H,6-9H2,1-5H3,(H-,21,26,28,29);(H,2,3,4)/t10-,11-,12+,13+,14-,15-;/m1./s1. The van der Waals surface area contributed by atoms with Crippen LogP contribution in [0.1, 0.15) is 20.3 Å². The molecule has 12 nitrogen and oxygen atoms in total. The fourth-order valence-corrected chi connectivity index (χ4v) is 5.97. The van der Waals surface area contributed by atoms with E-state index in [1.54, 1.807) is 6.92 Å². The Morgan fingerprint density at radius 3 is 2.43 bits per heavy atom. The molecule has 0 spiro atoms. The minimum atomic E-state index is -5.42. The Balaban J connectivity index is 0.000000784. The van der Waals surface area contributed by atoms with Crippen LogP contribution in [0.3, 0.4) is 0 Å². The van der Waals surface area contributed by atoms with Crippen LogP contribution in [0.2, 0.25) is 0 Å². The van der Waals surface area contributed by atoms with Gasteiger partial charge in [-0.15, -0.1) is 15.6 Å². The number of hydrogen-bond donors (Lipinski definition) is 4. The number of β-lactam (4-membered cyclic amide) rings is 1. The number of carboxylic acid groups (broad SMARTS) is 1. The molecule has 0 aromatic heterocycles. The highest BCUT2D eigenvalue weighted by Crippen LogP contribution is 2.51. The quantitative estimate of drug-likeness (QED) is 0.127. The third-order valence-corrected chi connectivity index (χ3v) is 7.61. The maximum atomic E-state index is 12.4. The second kappa shape index (κ2) is 11.1. The molecule has 2 saturated heterocycles. The molecule has 0 radical (unpaired) electrons. The molecule has 15 heteroatoms. The summed E-state index contributed by atoms with van der Waals surface area (Å²) < 4.78 is 36.1. The maximum Gasteiger partial charge on any atom is 0.353 e. The Labute approximate surface area is 208 Å². The zero-order valence-electron chi connectivity index (χ0n) is 20.2. The van der Waals surface area contributed by atoms with Gasteiger partial charge < -0.3 is 34.8 Å². The van der Waals surface area contributed by atoms with Gasteiger partial charge in [-0.1, -0.05) is 6.92 Å². The molecule has 6 atom stereocenters. The van der Waals surface area contributed by atoms with E-state index in [0.29, 0.717) is 24.4 Å². The molecule has 35 heavy (non-hydrogen) atoms. The van der Waals surface area contributed by atoms with E-state index >= 15 is 0 Å². The number of halogens is 1. The van der Waals surface area contributed by atoms with Crippen LogP contribution >= 0.6 is 11.8 Å². The number of nitrogens with zero attached hydrogens (tertiary/aromatic N) is 2. The first-order valence-electron chi connectivity index (χ1n) is 11.0. The minimum Gasteiger partial charge on any atom is -0.722 e. The highest BCUT2D eigenvalue weighted by atomic mass is 32.3. The van der Waals surface area contributed by atoms with Crippen molar-refractivity contribution in [1.82, 2.24) is 15.5 Å². The number of aliphatic carboxylic acids is 1. The van der Waals surface area contributed by atoms with E-state index in [1.807, 2.05) is 6.92 Å². The Morgan fingerprint density at radius 1 is 1.37 bits per heavy atom. The minimum absolute atomic E-state index is 0.0355. The lowest BCUT2D eigenvalue weighted by Crippen LogP contribution is -2.63. The molecule has 0 unspecified atom stereocenters. The fourth-order valence-electron chi connectivity index (χ4n) is 4.49. The number of rotatable bonds is 8. The van der Waals surface area contributed by atoms with Gasteiger partial charge in [-0.3, -0.25) is 9.59 Å². The van der Waals surface area contributed by atoms with Crippen molar-refractivity contribution in [3.05, 3.63) is 10.6 Å². The molecule has 3 rings (SSSR count). The lowest BCUT2D eigenvalue weighted by atomic mass is 9.79. The molecule has 0 aliphatic carbocycles. The zero-order valence-corrected chi connectivity index (χ0v) is 21.9. The van der Waals surface area contributed by atoms with Gasteiger partial charge >= 0.3 is 5.97 Å². The number of carbonyl (C=O) groups excluding carboxylic acids is 2. The maximum absolute atomic E-state index is 12.4. The van der Waals surface area contributed by atoms with Gasteiger partial charge in [-0.2, -0.15) is 0 Å². The Morgan fingerprint density at radius 2 is 1.94 bits per heavy atom. The van der Waals surface area contributed by atoms with E-state index in [0.717, 1.165) is 11.0 Å². The van der Waals surface area contributed by atoms with Crippen LogP contribution in [-0.2, 0) is 24.9 Å². The van der Waals surface area contributed by atoms with Gasteiger partial charge in [0.2, 0.25) is 11.8 Å². The Hall–Kier alpha value is -1.78. The Bertz CT molecular complexity index is 974. The monoisotopic (exact) mass is 540 g/mol. The van der Waals surface area contributed by atoms with Crippen molar-refractivity contribution in [3.63, 3.8) is 0 Å². The van der Waals surface area contributed by atoms with Crippen LogP contribution in [0.4, 0.5) is 3.89 Å². The van der Waals surface area contributed by atoms with Gasteiger partial charge in [0.1, 0.15) is 5.70 Å². The van der Waals surface area contributed by atoms with Crippen LogP contribution in [-0.4, -0.2) is 115 Å². The number of aliphatic hydroxyl groups excluding tert-OH is 1. The average molecular weight is 541 g/mol. The summed E-state index contributed by atoms with van der Waals surface area (Å²) in [7, 11) is 0.789. The average Bonchev–Trinajstić information content (AvgIpc) is 3.22. The predicted octanol–water partition coefficient (Wildman–Crippen LogP) is -1.16. The molecule has 2 fully saturated rings. The molecular formula is C20H33FN4O8S2. The SMILES string of the molecule is C[C@@H](O)[C@H]1C(=O)N2C(C(=O)O)=C(S[C@@H]3CN[C@H](C(=O)NCC[N+](C)(C)C)C3)[C@H](C)[C@H]12.O=S(=O)([O-])F. The van der Waals surface area contributed by atoms with Gasteiger partial charge in [0.05, 0.1) is 58.3 Å². The molecule has 0 aromatic rings. The molecule has 3 aliphatic heterocycles. The molecule has 4 N–H and O–H groups in total. The summed E-state index contributed by atoms with van der Waals surface area (Å²) in [5, 5.41) is 25.9. The largest absolute Gasteiger partial charge is 0.722 e. The summed E-state index contributed by atoms with van der Waals surface area (Å²) in [5.74, 6) is -2.20. The molecule has 200 valence electrons. The van der Waals surface area contributed by atoms with Crippen LogP contribution in [0.25, 0.3) is 0 Å². The van der Waals surface area contributed by atoms with Crippen molar-refractivity contribution >= 4 is 40.0 Å². The zero-order chi connectivity index (χ0) is 26.9. The lowest BCUT2D eigenvalue weighted by Gasteiger charge is -2.46. The van der Waals surface area contributed by atoms with E-state index < -0.39 is 28.5 Å².